The molecular formula is C17H26N2OS. The number of carbonyl (C=O) groups is 1. The molecule has 3 rings (SSSR count). The number of amides is 1. The number of carbonyl (C=O) groups excluding carboxylic acids is 1. The summed E-state index contributed by atoms with van der Waals surface area (Å²) in [4.78, 5) is 13.7. The van der Waals surface area contributed by atoms with Gasteiger partial charge in [0.15, 0.2) is 0 Å². The Balaban J connectivity index is 1.55. The Morgan fingerprint density at radius 3 is 2.67 bits per heavy atom. The smallest absolute Gasteiger partial charge is 0.220 e. The highest BCUT2D eigenvalue weighted by Gasteiger charge is 2.34. The summed E-state index contributed by atoms with van der Waals surface area (Å²) in [5.74, 6) is 1.23. The molecule has 4 heteroatoms. The first-order valence-corrected chi connectivity index (χ1v) is 9.08. The van der Waals surface area contributed by atoms with Gasteiger partial charge in [-0.25, -0.2) is 0 Å². The molecule has 2 aliphatic heterocycles. The second-order valence-corrected chi connectivity index (χ2v) is 7.96. The molecule has 3 unspecified atom stereocenters. The maximum Gasteiger partial charge on any atom is 0.220 e. The molecule has 3 nitrogen and oxygen atoms in total. The summed E-state index contributed by atoms with van der Waals surface area (Å²) in [6.45, 7) is 4.35. The first kappa shape index (κ1) is 15.0. The van der Waals surface area contributed by atoms with E-state index in [0.717, 1.165) is 0 Å². The lowest BCUT2D eigenvalue weighted by Crippen LogP contribution is -2.40. The van der Waals surface area contributed by atoms with E-state index in [0.29, 0.717) is 30.3 Å². The van der Waals surface area contributed by atoms with Gasteiger partial charge in [-0.05, 0) is 49.0 Å². The topological polar surface area (TPSA) is 41.1 Å². The van der Waals surface area contributed by atoms with Crippen molar-refractivity contribution in [3.05, 3.63) is 22.4 Å². The van der Waals surface area contributed by atoms with Crippen molar-refractivity contribution in [3.8, 4) is 0 Å². The van der Waals surface area contributed by atoms with Crippen molar-refractivity contribution >= 4 is 17.2 Å². The number of thiophene rings is 1. The third-order valence-corrected chi connectivity index (χ3v) is 5.83. The predicted molar refractivity (Wildman–Crippen MR) is 87.3 cm³/mol. The van der Waals surface area contributed by atoms with E-state index in [1.54, 1.807) is 11.3 Å². The van der Waals surface area contributed by atoms with E-state index in [2.05, 4.69) is 42.0 Å². The van der Waals surface area contributed by atoms with Crippen molar-refractivity contribution in [1.82, 2.24) is 10.6 Å². The van der Waals surface area contributed by atoms with Crippen LogP contribution < -0.4 is 10.6 Å². The van der Waals surface area contributed by atoms with E-state index in [4.69, 9.17) is 0 Å². The fraction of sp³-hybridized carbons (Fsp3) is 0.706. The molecule has 1 amide bonds. The highest BCUT2D eigenvalue weighted by atomic mass is 32.1. The largest absolute Gasteiger partial charge is 0.348 e. The van der Waals surface area contributed by atoms with Crippen molar-refractivity contribution in [3.63, 3.8) is 0 Å². The average Bonchev–Trinajstić information content (AvgIpc) is 3.06. The molecule has 0 radical (unpaired) electrons. The third-order valence-electron chi connectivity index (χ3n) is 4.88. The summed E-state index contributed by atoms with van der Waals surface area (Å²) >= 11 is 1.73. The van der Waals surface area contributed by atoms with Crippen LogP contribution in [0.25, 0.3) is 0 Å². The van der Waals surface area contributed by atoms with Gasteiger partial charge in [0.1, 0.15) is 0 Å². The van der Waals surface area contributed by atoms with E-state index in [1.807, 2.05) is 0 Å². The van der Waals surface area contributed by atoms with Gasteiger partial charge in [0.25, 0.3) is 0 Å². The summed E-state index contributed by atoms with van der Waals surface area (Å²) in [7, 11) is 0. The standard InChI is InChI=1S/C17H26N2OS/c1-11(2)17(15-4-3-7-21-15)19-16(20)10-12-8-13-5-6-14(9-12)18-13/h3-4,7,11-14,17-18H,5-6,8-10H2,1-2H3,(H,19,20). The van der Waals surface area contributed by atoms with Crippen LogP contribution in [0.5, 0.6) is 0 Å². The summed E-state index contributed by atoms with van der Waals surface area (Å²) in [6, 6.07) is 5.68. The van der Waals surface area contributed by atoms with E-state index in [-0.39, 0.29) is 11.9 Å². The van der Waals surface area contributed by atoms with E-state index >= 15 is 0 Å². The van der Waals surface area contributed by atoms with Crippen molar-refractivity contribution in [1.29, 1.82) is 0 Å². The van der Waals surface area contributed by atoms with Gasteiger partial charge in [-0.3, -0.25) is 4.79 Å². The molecule has 0 aliphatic carbocycles. The Bertz CT molecular complexity index is 459. The molecule has 2 saturated heterocycles. The molecule has 2 N–H and O–H groups in total. The molecule has 3 atom stereocenters. The second kappa shape index (κ2) is 6.49. The zero-order chi connectivity index (χ0) is 14.8. The Labute approximate surface area is 131 Å². The number of nitrogens with one attached hydrogen (secondary N) is 2. The van der Waals surface area contributed by atoms with Gasteiger partial charge in [0, 0.05) is 23.4 Å². The summed E-state index contributed by atoms with van der Waals surface area (Å²) in [5.41, 5.74) is 0. The highest BCUT2D eigenvalue weighted by molar-refractivity contribution is 7.10. The first-order valence-electron chi connectivity index (χ1n) is 8.20. The molecule has 2 aliphatic rings. The van der Waals surface area contributed by atoms with Crippen molar-refractivity contribution in [2.45, 2.75) is 64.1 Å². The Morgan fingerprint density at radius 2 is 2.10 bits per heavy atom. The van der Waals surface area contributed by atoms with Crippen LogP contribution in [0, 0.1) is 11.8 Å². The van der Waals surface area contributed by atoms with Gasteiger partial charge in [0.2, 0.25) is 5.91 Å². The molecule has 1 aromatic rings. The molecule has 21 heavy (non-hydrogen) atoms. The van der Waals surface area contributed by atoms with Gasteiger partial charge < -0.3 is 10.6 Å². The molecule has 0 spiro atoms. The van der Waals surface area contributed by atoms with Gasteiger partial charge >= 0.3 is 0 Å². The maximum absolute atomic E-state index is 12.4. The van der Waals surface area contributed by atoms with E-state index < -0.39 is 0 Å². The van der Waals surface area contributed by atoms with Gasteiger partial charge in [-0.1, -0.05) is 19.9 Å². The number of hydrogen-bond acceptors (Lipinski definition) is 3. The molecule has 116 valence electrons. The Kier molecular flexibility index (Phi) is 4.65. The van der Waals surface area contributed by atoms with Crippen LogP contribution in [0.15, 0.2) is 17.5 Å². The monoisotopic (exact) mass is 306 g/mol. The summed E-state index contributed by atoms with van der Waals surface area (Å²) < 4.78 is 0. The molecular weight excluding hydrogens is 280 g/mol. The highest BCUT2D eigenvalue weighted by Crippen LogP contribution is 2.33. The maximum atomic E-state index is 12.4. The molecule has 0 saturated carbocycles. The van der Waals surface area contributed by atoms with Gasteiger partial charge in [0.05, 0.1) is 6.04 Å². The zero-order valence-corrected chi connectivity index (χ0v) is 13.8. The molecule has 1 aromatic heterocycles. The minimum atomic E-state index is 0.163. The third kappa shape index (κ3) is 3.67. The fourth-order valence-corrected chi connectivity index (χ4v) is 4.82. The van der Waals surface area contributed by atoms with Crippen LogP contribution in [-0.2, 0) is 4.79 Å². The first-order chi connectivity index (χ1) is 10.1. The number of hydrogen-bond donors (Lipinski definition) is 2. The lowest BCUT2D eigenvalue weighted by atomic mass is 9.89. The summed E-state index contributed by atoms with van der Waals surface area (Å²) in [5, 5.41) is 9.00. The molecule has 0 aromatic carbocycles. The van der Waals surface area contributed by atoms with E-state index in [9.17, 15) is 4.79 Å². The quantitative estimate of drug-likeness (QED) is 0.874. The van der Waals surface area contributed by atoms with Crippen LogP contribution in [0.2, 0.25) is 0 Å². The van der Waals surface area contributed by atoms with Crippen molar-refractivity contribution in [2.24, 2.45) is 11.8 Å². The summed E-state index contributed by atoms with van der Waals surface area (Å²) in [6.07, 6.45) is 5.65. The average molecular weight is 306 g/mol. The molecule has 2 fully saturated rings. The van der Waals surface area contributed by atoms with Gasteiger partial charge in [-0.2, -0.15) is 0 Å². The van der Waals surface area contributed by atoms with Crippen LogP contribution in [0.4, 0.5) is 0 Å². The normalized spacial score (nSPS) is 29.6. The lowest BCUT2D eigenvalue weighted by molar-refractivity contribution is -0.123. The van der Waals surface area contributed by atoms with Crippen molar-refractivity contribution < 1.29 is 4.79 Å². The SMILES string of the molecule is CC(C)C(NC(=O)CC1CC2CCC(C1)N2)c1cccs1. The van der Waals surface area contributed by atoms with Gasteiger partial charge in [-0.15, -0.1) is 11.3 Å². The fourth-order valence-electron chi connectivity index (χ4n) is 3.87. The lowest BCUT2D eigenvalue weighted by Gasteiger charge is -2.29. The Morgan fingerprint density at radius 1 is 1.38 bits per heavy atom. The number of fused-ring (bicyclic) bond motifs is 2. The number of rotatable bonds is 5. The zero-order valence-electron chi connectivity index (χ0n) is 13.0. The van der Waals surface area contributed by atoms with Crippen LogP contribution in [0.1, 0.15) is 56.9 Å². The van der Waals surface area contributed by atoms with Crippen molar-refractivity contribution in [2.75, 3.05) is 0 Å². The van der Waals surface area contributed by atoms with Crippen LogP contribution in [-0.4, -0.2) is 18.0 Å². The van der Waals surface area contributed by atoms with Crippen LogP contribution >= 0.6 is 11.3 Å². The minimum Gasteiger partial charge on any atom is -0.348 e. The van der Waals surface area contributed by atoms with Crippen LogP contribution in [0.3, 0.4) is 0 Å². The second-order valence-electron chi connectivity index (χ2n) is 6.98. The molecule has 3 heterocycles. The molecule has 2 bridgehead atoms. The predicted octanol–water partition coefficient (Wildman–Crippen LogP) is 3.48. The minimum absolute atomic E-state index is 0.163. The van der Waals surface area contributed by atoms with E-state index in [1.165, 1.54) is 30.6 Å². The Hall–Kier alpha value is -0.870. The number of piperidine rings is 1.